The van der Waals surface area contributed by atoms with E-state index in [0.717, 1.165) is 19.3 Å². The lowest BCUT2D eigenvalue weighted by atomic mass is 10.2. The molecule has 78 valence electrons. The Morgan fingerprint density at radius 1 is 1.36 bits per heavy atom. The molecule has 0 bridgehead atoms. The predicted molar refractivity (Wildman–Crippen MR) is 49.8 cm³/mol. The lowest BCUT2D eigenvalue weighted by Gasteiger charge is -2.27. The van der Waals surface area contributed by atoms with E-state index >= 15 is 0 Å². The molecule has 4 nitrogen and oxygen atoms in total. The van der Waals surface area contributed by atoms with Crippen molar-refractivity contribution < 1.29 is 14.3 Å². The smallest absolute Gasteiger partial charge is 0.290 e. The van der Waals surface area contributed by atoms with Gasteiger partial charge >= 0.3 is 0 Å². The number of Topliss-reactive ketones (excluding diaryl/α,β-unsaturated/α-hetero) is 1. The van der Waals surface area contributed by atoms with Gasteiger partial charge in [0.1, 0.15) is 0 Å². The van der Waals surface area contributed by atoms with Crippen LogP contribution in [0.15, 0.2) is 0 Å². The van der Waals surface area contributed by atoms with Crippen LogP contribution in [0.1, 0.15) is 25.7 Å². The van der Waals surface area contributed by atoms with Gasteiger partial charge in [0.2, 0.25) is 5.78 Å². The second kappa shape index (κ2) is 3.69. The van der Waals surface area contributed by atoms with E-state index in [9.17, 15) is 9.59 Å². The van der Waals surface area contributed by atoms with Crippen LogP contribution < -0.4 is 0 Å². The van der Waals surface area contributed by atoms with Gasteiger partial charge in [0.15, 0.2) is 0 Å². The van der Waals surface area contributed by atoms with Crippen LogP contribution in [0, 0.1) is 0 Å². The van der Waals surface area contributed by atoms with E-state index in [1.807, 2.05) is 0 Å². The predicted octanol–water partition coefficient (Wildman–Crippen LogP) is 0.355. The number of hydrogen-bond donors (Lipinski definition) is 0. The van der Waals surface area contributed by atoms with Gasteiger partial charge in [-0.05, 0) is 19.3 Å². The minimum atomic E-state index is -0.307. The normalized spacial score (nSPS) is 33.1. The average Bonchev–Trinajstić information content (AvgIpc) is 2.75. The summed E-state index contributed by atoms with van der Waals surface area (Å²) < 4.78 is 5.31. The first-order valence-corrected chi connectivity index (χ1v) is 5.10. The van der Waals surface area contributed by atoms with E-state index in [0.29, 0.717) is 13.0 Å². The molecule has 1 heterocycles. The number of methoxy groups -OCH3 is 1. The Bertz CT molecular complexity index is 264. The quantitative estimate of drug-likeness (QED) is 0.600. The van der Waals surface area contributed by atoms with Crippen LogP contribution in [0.2, 0.25) is 0 Å². The molecule has 0 radical (unpaired) electrons. The van der Waals surface area contributed by atoms with Gasteiger partial charge < -0.3 is 9.64 Å². The third-order valence-electron chi connectivity index (χ3n) is 3.20. The van der Waals surface area contributed by atoms with E-state index in [1.165, 1.54) is 0 Å². The molecule has 2 atom stereocenters. The molecule has 1 saturated carbocycles. The summed E-state index contributed by atoms with van der Waals surface area (Å²) >= 11 is 0. The first-order chi connectivity index (χ1) is 6.74. The highest BCUT2D eigenvalue weighted by Crippen LogP contribution is 2.28. The molecule has 14 heavy (non-hydrogen) atoms. The van der Waals surface area contributed by atoms with E-state index in [2.05, 4.69) is 0 Å². The van der Waals surface area contributed by atoms with Gasteiger partial charge in [-0.15, -0.1) is 0 Å². The lowest BCUT2D eigenvalue weighted by molar-refractivity contribution is -0.142. The zero-order valence-corrected chi connectivity index (χ0v) is 8.36. The van der Waals surface area contributed by atoms with Crippen molar-refractivity contribution in [1.29, 1.82) is 0 Å². The van der Waals surface area contributed by atoms with Crippen LogP contribution >= 0.6 is 0 Å². The Morgan fingerprint density at radius 2 is 2.14 bits per heavy atom. The first kappa shape index (κ1) is 9.65. The van der Waals surface area contributed by atoms with Crippen molar-refractivity contribution in [1.82, 2.24) is 4.90 Å². The Morgan fingerprint density at radius 3 is 2.71 bits per heavy atom. The molecule has 1 aliphatic carbocycles. The van der Waals surface area contributed by atoms with Gasteiger partial charge in [0, 0.05) is 20.1 Å². The summed E-state index contributed by atoms with van der Waals surface area (Å²) in [4.78, 5) is 24.3. The first-order valence-electron chi connectivity index (χ1n) is 5.10. The number of hydrogen-bond acceptors (Lipinski definition) is 3. The van der Waals surface area contributed by atoms with Crippen LogP contribution in [0.5, 0.6) is 0 Å². The SMILES string of the molecule is COC1CCCC1N1CCC(=O)C1=O. The van der Waals surface area contributed by atoms with Gasteiger partial charge in [0.25, 0.3) is 5.91 Å². The minimum absolute atomic E-state index is 0.129. The molecule has 0 N–H and O–H groups in total. The number of carbonyl (C=O) groups excluding carboxylic acids is 2. The number of likely N-dealkylation sites (tertiary alicyclic amines) is 1. The van der Waals surface area contributed by atoms with Gasteiger partial charge in [-0.25, -0.2) is 0 Å². The second-order valence-electron chi connectivity index (χ2n) is 3.94. The van der Waals surface area contributed by atoms with Crippen LogP contribution in [0.4, 0.5) is 0 Å². The van der Waals surface area contributed by atoms with Gasteiger partial charge in [-0.3, -0.25) is 9.59 Å². The molecule has 2 aliphatic rings. The van der Waals surface area contributed by atoms with Gasteiger partial charge in [-0.2, -0.15) is 0 Å². The third kappa shape index (κ3) is 1.43. The summed E-state index contributed by atoms with van der Waals surface area (Å²) in [5.41, 5.74) is 0. The van der Waals surface area contributed by atoms with Crippen molar-refractivity contribution >= 4 is 11.7 Å². The fourth-order valence-corrected chi connectivity index (χ4v) is 2.45. The molecule has 0 aromatic rings. The van der Waals surface area contributed by atoms with E-state index in [1.54, 1.807) is 12.0 Å². The number of ketones is 1. The van der Waals surface area contributed by atoms with Crippen LogP contribution in [0.25, 0.3) is 0 Å². The number of ether oxygens (including phenoxy) is 1. The van der Waals surface area contributed by atoms with Gasteiger partial charge in [-0.1, -0.05) is 0 Å². The summed E-state index contributed by atoms with van der Waals surface area (Å²) in [5, 5.41) is 0. The van der Waals surface area contributed by atoms with E-state index < -0.39 is 0 Å². The Labute approximate surface area is 83.2 Å². The molecule has 2 unspecified atom stereocenters. The number of carbonyl (C=O) groups is 2. The highest BCUT2D eigenvalue weighted by molar-refractivity contribution is 6.37. The molecule has 2 rings (SSSR count). The second-order valence-corrected chi connectivity index (χ2v) is 3.94. The molecular weight excluding hydrogens is 182 g/mol. The van der Waals surface area contributed by atoms with E-state index in [-0.39, 0.29) is 23.8 Å². The van der Waals surface area contributed by atoms with Crippen molar-refractivity contribution in [2.75, 3.05) is 13.7 Å². The summed E-state index contributed by atoms with van der Waals surface area (Å²) in [6, 6.07) is 0.138. The monoisotopic (exact) mass is 197 g/mol. The van der Waals surface area contributed by atoms with Crippen LogP contribution in [-0.2, 0) is 14.3 Å². The number of nitrogens with zero attached hydrogens (tertiary/aromatic N) is 1. The number of amides is 1. The molecule has 0 spiro atoms. The van der Waals surface area contributed by atoms with Crippen molar-refractivity contribution in [2.45, 2.75) is 37.8 Å². The maximum absolute atomic E-state index is 11.5. The van der Waals surface area contributed by atoms with Crippen molar-refractivity contribution in [3.63, 3.8) is 0 Å². The highest BCUT2D eigenvalue weighted by Gasteiger charge is 2.40. The minimum Gasteiger partial charge on any atom is -0.379 e. The van der Waals surface area contributed by atoms with Crippen molar-refractivity contribution in [2.24, 2.45) is 0 Å². The summed E-state index contributed by atoms with van der Waals surface area (Å²) in [5.74, 6) is -0.550. The zero-order chi connectivity index (χ0) is 10.1. The summed E-state index contributed by atoms with van der Waals surface area (Å²) in [6.07, 6.45) is 3.56. The molecule has 2 fully saturated rings. The standard InChI is InChI=1S/C10H15NO3/c1-14-9-4-2-3-7(9)11-6-5-8(12)10(11)13/h7,9H,2-6H2,1H3. The molecule has 4 heteroatoms. The molecule has 1 amide bonds. The third-order valence-corrected chi connectivity index (χ3v) is 3.20. The topological polar surface area (TPSA) is 46.6 Å². The van der Waals surface area contributed by atoms with Crippen molar-refractivity contribution in [3.8, 4) is 0 Å². The fraction of sp³-hybridized carbons (Fsp3) is 0.800. The maximum atomic E-state index is 11.5. The molecule has 1 saturated heterocycles. The molecule has 1 aliphatic heterocycles. The van der Waals surface area contributed by atoms with Crippen LogP contribution in [0.3, 0.4) is 0 Å². The van der Waals surface area contributed by atoms with E-state index in [4.69, 9.17) is 4.74 Å². The molecule has 0 aromatic heterocycles. The summed E-state index contributed by atoms with van der Waals surface area (Å²) in [7, 11) is 1.67. The van der Waals surface area contributed by atoms with Crippen molar-refractivity contribution in [3.05, 3.63) is 0 Å². The summed E-state index contributed by atoms with van der Waals surface area (Å²) in [6.45, 7) is 0.586. The Hall–Kier alpha value is -0.900. The molecular formula is C10H15NO3. The average molecular weight is 197 g/mol. The fourth-order valence-electron chi connectivity index (χ4n) is 2.45. The van der Waals surface area contributed by atoms with Gasteiger partial charge in [0.05, 0.1) is 12.1 Å². The van der Waals surface area contributed by atoms with Crippen LogP contribution in [-0.4, -0.2) is 42.4 Å². The lowest BCUT2D eigenvalue weighted by Crippen LogP contribution is -2.42. The number of rotatable bonds is 2. The Kier molecular flexibility index (Phi) is 2.54. The molecule has 0 aromatic carbocycles. The largest absolute Gasteiger partial charge is 0.379 e. The Balaban J connectivity index is 2.07. The highest BCUT2D eigenvalue weighted by atomic mass is 16.5. The zero-order valence-electron chi connectivity index (χ0n) is 8.36. The maximum Gasteiger partial charge on any atom is 0.290 e.